The zero-order chi connectivity index (χ0) is 9.00. The van der Waals surface area contributed by atoms with Gasteiger partial charge in [0.2, 0.25) is 0 Å². The van der Waals surface area contributed by atoms with Crippen LogP contribution in [0.25, 0.3) is 0 Å². The molecule has 0 spiro atoms. The first kappa shape index (κ1) is 23.1. The molecule has 0 aliphatic heterocycles. The van der Waals surface area contributed by atoms with Crippen molar-refractivity contribution >= 4 is 38.4 Å². The van der Waals surface area contributed by atoms with Gasteiger partial charge in [-0.1, -0.05) is 0 Å². The third-order valence-corrected chi connectivity index (χ3v) is 0. The van der Waals surface area contributed by atoms with E-state index in [-0.39, 0.29) is 37.1 Å². The molecule has 0 heterocycles. The van der Waals surface area contributed by atoms with Gasteiger partial charge in [-0.05, 0) is 0 Å². The van der Waals surface area contributed by atoms with Crippen molar-refractivity contribution in [2.45, 2.75) is 0 Å². The second kappa shape index (κ2) is 8.50. The molecule has 68 valence electrons. The molecule has 0 N–H and O–H groups in total. The molecule has 0 saturated carbocycles. The Morgan fingerprint density at radius 2 is 0.667 bits per heavy atom. The van der Waals surface area contributed by atoms with Crippen LogP contribution in [-0.4, -0.2) is 52.6 Å². The Hall–Kier alpha value is 0.906. The molecule has 0 unspecified atom stereocenters. The van der Waals surface area contributed by atoms with E-state index in [2.05, 4.69) is 0 Å². The molecule has 0 aromatic heterocycles. The van der Waals surface area contributed by atoms with Crippen LogP contribution in [0.5, 0.6) is 0 Å². The van der Waals surface area contributed by atoms with E-state index in [0.29, 0.717) is 0 Å². The minimum atomic E-state index is -5.17. The third-order valence-electron chi connectivity index (χ3n) is 0. The molecule has 12 heteroatoms. The standard InChI is InChI=1S/Ge.2H2O4S.Zn/c;2*1-5(2,3)4;/h;2*(H2,1,2,3,4);/q;;;+2/p-4. The summed E-state index contributed by atoms with van der Waals surface area (Å²) in [6, 6.07) is 0. The van der Waals surface area contributed by atoms with Crippen molar-refractivity contribution < 1.29 is 54.5 Å². The zero-order valence-electron chi connectivity index (χ0n) is 5.29. The fourth-order valence-corrected chi connectivity index (χ4v) is 0. The fraction of sp³-hybridized carbons (Fsp3) is 0. The van der Waals surface area contributed by atoms with E-state index in [1.807, 2.05) is 0 Å². The summed E-state index contributed by atoms with van der Waals surface area (Å²) in [7, 11) is -10.3. The predicted octanol–water partition coefficient (Wildman–Crippen LogP) is -3.06. The van der Waals surface area contributed by atoms with Gasteiger partial charge in [-0.2, -0.15) is 0 Å². The maximum Gasteiger partial charge on any atom is 2.00 e. The van der Waals surface area contributed by atoms with Gasteiger partial charge < -0.3 is 18.2 Å². The molecule has 4 radical (unpaired) electrons. The van der Waals surface area contributed by atoms with Crippen LogP contribution in [0, 0.1) is 0 Å². The number of hydrogen-bond donors (Lipinski definition) is 0. The largest absolute Gasteiger partial charge is 2.00 e. The minimum Gasteiger partial charge on any atom is -0.759 e. The fourth-order valence-electron chi connectivity index (χ4n) is 0. The molecule has 0 bridgehead atoms. The van der Waals surface area contributed by atoms with Crippen molar-refractivity contribution in [1.29, 1.82) is 0 Å². The van der Waals surface area contributed by atoms with E-state index in [4.69, 9.17) is 35.0 Å². The topological polar surface area (TPSA) is 161 Å². The Balaban J connectivity index is -0.0000000457. The second-order valence-corrected chi connectivity index (χ2v) is 2.45. The van der Waals surface area contributed by atoms with Crippen LogP contribution in [0.15, 0.2) is 0 Å². The molecule has 0 aromatic rings. The van der Waals surface area contributed by atoms with Crippen molar-refractivity contribution in [1.82, 2.24) is 0 Å². The maximum absolute atomic E-state index is 8.52. The summed E-state index contributed by atoms with van der Waals surface area (Å²) in [5.41, 5.74) is 0. The second-order valence-electron chi connectivity index (χ2n) is 0.816. The minimum absolute atomic E-state index is 0. The summed E-state index contributed by atoms with van der Waals surface area (Å²) < 4.78 is 68.2. The van der Waals surface area contributed by atoms with Gasteiger partial charge in [0.25, 0.3) is 0 Å². The molecule has 0 aliphatic carbocycles. The van der Waals surface area contributed by atoms with E-state index in [1.165, 1.54) is 0 Å². The maximum atomic E-state index is 8.52. The molecule has 0 rings (SSSR count). The van der Waals surface area contributed by atoms with E-state index in [9.17, 15) is 0 Å². The summed E-state index contributed by atoms with van der Waals surface area (Å²) in [6.45, 7) is 0. The molecular weight excluding hydrogens is 330 g/mol. The van der Waals surface area contributed by atoms with Crippen molar-refractivity contribution in [3.8, 4) is 0 Å². The monoisotopic (exact) mass is 330 g/mol. The average Bonchev–Trinajstić information content (AvgIpc) is 1.12. The van der Waals surface area contributed by atoms with E-state index < -0.39 is 20.8 Å². The molecule has 0 aliphatic rings. The SMILES string of the molecule is O=S(=O)([O-])[O-].O=S(=O)([O-])[O-].[Ge].[Zn+2]. The molecule has 0 amide bonds. The van der Waals surface area contributed by atoms with Crippen molar-refractivity contribution in [2.75, 3.05) is 0 Å². The summed E-state index contributed by atoms with van der Waals surface area (Å²) in [6.07, 6.45) is 0. The number of rotatable bonds is 0. The quantitative estimate of drug-likeness (QED) is 0.257. The van der Waals surface area contributed by atoms with Crippen LogP contribution >= 0.6 is 0 Å². The van der Waals surface area contributed by atoms with Crippen LogP contribution < -0.4 is 0 Å². The van der Waals surface area contributed by atoms with Gasteiger partial charge in [-0.15, -0.1) is 0 Å². The summed E-state index contributed by atoms with van der Waals surface area (Å²) in [4.78, 5) is 0. The molecule has 12 heavy (non-hydrogen) atoms. The van der Waals surface area contributed by atoms with E-state index in [0.717, 1.165) is 0 Å². The zero-order valence-corrected chi connectivity index (χ0v) is 12.0. The first-order valence-electron chi connectivity index (χ1n) is 1.33. The summed E-state index contributed by atoms with van der Waals surface area (Å²) in [5, 5.41) is 0. The summed E-state index contributed by atoms with van der Waals surface area (Å²) in [5.74, 6) is 0. The Morgan fingerprint density at radius 3 is 0.667 bits per heavy atom. The van der Waals surface area contributed by atoms with E-state index >= 15 is 0 Å². The van der Waals surface area contributed by atoms with Crippen molar-refractivity contribution in [3.05, 3.63) is 0 Å². The van der Waals surface area contributed by atoms with Gasteiger partial charge in [-0.25, -0.2) is 0 Å². The molecule has 0 fully saturated rings. The number of hydrogen-bond acceptors (Lipinski definition) is 8. The Kier molecular flexibility index (Phi) is 16.3. The first-order chi connectivity index (χ1) is 4.00. The summed E-state index contributed by atoms with van der Waals surface area (Å²) >= 11 is 0. The Morgan fingerprint density at radius 1 is 0.667 bits per heavy atom. The van der Waals surface area contributed by atoms with Crippen LogP contribution in [0.1, 0.15) is 0 Å². The predicted molar refractivity (Wildman–Crippen MR) is 26.7 cm³/mol. The van der Waals surface area contributed by atoms with Crippen LogP contribution in [0.3, 0.4) is 0 Å². The van der Waals surface area contributed by atoms with Gasteiger partial charge in [0.05, 0.1) is 0 Å². The smallest absolute Gasteiger partial charge is 0.759 e. The van der Waals surface area contributed by atoms with Gasteiger partial charge in [-0.3, -0.25) is 16.8 Å². The normalized spacial score (nSPS) is 9.67. The first-order valence-corrected chi connectivity index (χ1v) is 4.00. The van der Waals surface area contributed by atoms with Crippen LogP contribution in [-0.2, 0) is 40.3 Å². The molecule has 0 atom stereocenters. The van der Waals surface area contributed by atoms with Gasteiger partial charge >= 0.3 is 19.5 Å². The van der Waals surface area contributed by atoms with Gasteiger partial charge in [0, 0.05) is 38.4 Å². The van der Waals surface area contributed by atoms with Crippen molar-refractivity contribution in [3.63, 3.8) is 0 Å². The van der Waals surface area contributed by atoms with Crippen LogP contribution in [0.4, 0.5) is 0 Å². The van der Waals surface area contributed by atoms with E-state index in [1.54, 1.807) is 0 Å². The Bertz CT molecular complexity index is 213. The molecule has 0 saturated heterocycles. The average molecular weight is 330 g/mol. The Labute approximate surface area is 92.6 Å². The van der Waals surface area contributed by atoms with Gasteiger partial charge in [0.1, 0.15) is 0 Å². The molecular formula is GeO8S2Zn-2. The van der Waals surface area contributed by atoms with Crippen LogP contribution in [0.2, 0.25) is 0 Å². The molecule has 0 aromatic carbocycles. The van der Waals surface area contributed by atoms with Crippen molar-refractivity contribution in [2.24, 2.45) is 0 Å². The van der Waals surface area contributed by atoms with Gasteiger partial charge in [0.15, 0.2) is 0 Å². The third kappa shape index (κ3) is 1300. The molecule has 8 nitrogen and oxygen atoms in total.